The zero-order valence-electron chi connectivity index (χ0n) is 21.1. The number of hydrogen-bond donors (Lipinski definition) is 2. The van der Waals surface area contributed by atoms with Crippen LogP contribution in [0.4, 0.5) is 11.5 Å². The molecule has 9 nitrogen and oxygen atoms in total. The molecule has 4 heterocycles. The normalized spacial score (nSPS) is 14.2. The summed E-state index contributed by atoms with van der Waals surface area (Å²) in [5.74, 6) is 0.260. The number of ether oxygens (including phenoxy) is 1. The van der Waals surface area contributed by atoms with Crippen molar-refractivity contribution in [1.82, 2.24) is 24.5 Å². The Kier molecular flexibility index (Phi) is 6.25. The van der Waals surface area contributed by atoms with Crippen LogP contribution in [0.2, 0.25) is 0 Å². The molecule has 0 aliphatic carbocycles. The summed E-state index contributed by atoms with van der Waals surface area (Å²) in [6.07, 6.45) is 6.62. The number of aromatic amines is 1. The zero-order chi connectivity index (χ0) is 26.1. The minimum Gasteiger partial charge on any atom is -0.462 e. The lowest BCUT2D eigenvalue weighted by Gasteiger charge is -2.32. The Morgan fingerprint density at radius 2 is 1.84 bits per heavy atom. The number of fused-ring (bicyclic) bond motifs is 2. The third kappa shape index (κ3) is 4.26. The summed E-state index contributed by atoms with van der Waals surface area (Å²) >= 11 is 0. The largest absolute Gasteiger partial charge is 0.462 e. The zero-order valence-corrected chi connectivity index (χ0v) is 21.1. The fourth-order valence-electron chi connectivity index (χ4n) is 5.19. The van der Waals surface area contributed by atoms with E-state index in [1.807, 2.05) is 41.4 Å². The Hall–Kier alpha value is -4.66. The topological polar surface area (TPSA) is 105 Å². The summed E-state index contributed by atoms with van der Waals surface area (Å²) in [5.41, 5.74) is 4.04. The lowest BCUT2D eigenvalue weighted by Crippen LogP contribution is -2.38. The molecule has 2 N–H and O–H groups in total. The van der Waals surface area contributed by atoms with Gasteiger partial charge in [0.1, 0.15) is 16.9 Å². The van der Waals surface area contributed by atoms with E-state index in [1.165, 1.54) is 22.5 Å². The summed E-state index contributed by atoms with van der Waals surface area (Å²) < 4.78 is 6.70. The minimum absolute atomic E-state index is 0.122. The highest BCUT2D eigenvalue weighted by atomic mass is 16.5. The second-order valence-corrected chi connectivity index (χ2v) is 9.38. The molecule has 2 aromatic carbocycles. The Bertz CT molecular complexity index is 1620. The van der Waals surface area contributed by atoms with E-state index in [1.54, 1.807) is 6.92 Å². The van der Waals surface area contributed by atoms with Gasteiger partial charge in [-0.3, -0.25) is 4.79 Å². The van der Waals surface area contributed by atoms with Crippen LogP contribution in [0.25, 0.3) is 16.6 Å². The predicted molar refractivity (Wildman–Crippen MR) is 145 cm³/mol. The van der Waals surface area contributed by atoms with Gasteiger partial charge in [-0.25, -0.2) is 9.78 Å². The first-order chi connectivity index (χ1) is 18.6. The lowest BCUT2D eigenvalue weighted by atomic mass is 9.89. The van der Waals surface area contributed by atoms with E-state index < -0.39 is 5.97 Å². The van der Waals surface area contributed by atoms with E-state index in [4.69, 9.17) is 4.74 Å². The van der Waals surface area contributed by atoms with Gasteiger partial charge in [0, 0.05) is 42.1 Å². The molecule has 0 spiro atoms. The van der Waals surface area contributed by atoms with Crippen molar-refractivity contribution in [2.45, 2.75) is 25.7 Å². The number of nitrogens with zero attached hydrogens (tertiary/aromatic N) is 4. The first-order valence-electron chi connectivity index (χ1n) is 12.8. The molecule has 0 radical (unpaired) electrons. The van der Waals surface area contributed by atoms with Gasteiger partial charge in [0.15, 0.2) is 5.65 Å². The molecule has 1 fully saturated rings. The number of carbonyl (C=O) groups is 2. The number of piperidine rings is 1. The van der Waals surface area contributed by atoms with E-state index in [-0.39, 0.29) is 18.1 Å². The molecule has 0 saturated carbocycles. The van der Waals surface area contributed by atoms with Crippen LogP contribution in [0, 0.1) is 0 Å². The molecule has 3 aromatic heterocycles. The molecular weight excluding hydrogens is 480 g/mol. The number of likely N-dealkylation sites (tertiary alicyclic amines) is 1. The highest BCUT2D eigenvalue weighted by molar-refractivity contribution is 6.03. The number of aromatic nitrogens is 4. The van der Waals surface area contributed by atoms with Crippen LogP contribution < -0.4 is 5.32 Å². The Balaban J connectivity index is 1.36. The van der Waals surface area contributed by atoms with Crippen LogP contribution >= 0.6 is 0 Å². The van der Waals surface area contributed by atoms with Gasteiger partial charge in [0.25, 0.3) is 5.91 Å². The smallest absolute Gasteiger partial charge is 0.343 e. The highest BCUT2D eigenvalue weighted by Gasteiger charge is 2.28. The standard InChI is InChI=1S/C29H28N6O3/c1-2-38-29(37)23-18-32-35-26(23)31-17-22(27(35)33-25-10-6-9-24-21(25)11-14-30-24)28(36)34-15-12-20(13-16-34)19-7-4-3-5-8-19/h3-11,14,17-18,20,30,33H,2,12-13,15-16H2,1H3. The first-order valence-corrected chi connectivity index (χ1v) is 12.8. The summed E-state index contributed by atoms with van der Waals surface area (Å²) in [5, 5.41) is 8.83. The number of nitrogens with one attached hydrogen (secondary N) is 2. The number of hydrogen-bond acceptors (Lipinski definition) is 6. The van der Waals surface area contributed by atoms with E-state index in [0.29, 0.717) is 36.0 Å². The number of amides is 1. The Morgan fingerprint density at radius 3 is 2.63 bits per heavy atom. The SMILES string of the molecule is CCOC(=O)c1cnn2c(Nc3cccc4[nH]ccc34)c(C(=O)N3CCC(c4ccccc4)CC3)cnc12. The number of carbonyl (C=O) groups excluding carboxylic acids is 2. The molecule has 1 aliphatic heterocycles. The van der Waals surface area contributed by atoms with Crippen molar-refractivity contribution in [3.05, 3.63) is 89.9 Å². The third-order valence-electron chi connectivity index (χ3n) is 7.15. The van der Waals surface area contributed by atoms with Gasteiger partial charge in [0.05, 0.1) is 12.8 Å². The summed E-state index contributed by atoms with van der Waals surface area (Å²) in [7, 11) is 0. The van der Waals surface area contributed by atoms with Crippen molar-refractivity contribution in [2.24, 2.45) is 0 Å². The van der Waals surface area contributed by atoms with Crippen molar-refractivity contribution in [3.63, 3.8) is 0 Å². The second-order valence-electron chi connectivity index (χ2n) is 9.38. The van der Waals surface area contributed by atoms with Crippen molar-refractivity contribution in [2.75, 3.05) is 25.0 Å². The number of esters is 1. The molecule has 192 valence electrons. The number of benzene rings is 2. The van der Waals surface area contributed by atoms with Crippen LogP contribution in [0.1, 0.15) is 52.0 Å². The van der Waals surface area contributed by atoms with E-state index in [0.717, 1.165) is 29.4 Å². The Morgan fingerprint density at radius 1 is 1.03 bits per heavy atom. The third-order valence-corrected chi connectivity index (χ3v) is 7.15. The first kappa shape index (κ1) is 23.7. The monoisotopic (exact) mass is 508 g/mol. The van der Waals surface area contributed by atoms with E-state index in [2.05, 4.69) is 44.6 Å². The molecule has 5 aromatic rings. The average molecular weight is 509 g/mol. The van der Waals surface area contributed by atoms with Gasteiger partial charge in [-0.2, -0.15) is 9.61 Å². The van der Waals surface area contributed by atoms with Crippen molar-refractivity contribution >= 4 is 39.9 Å². The molecule has 1 aliphatic rings. The molecule has 0 atom stereocenters. The second kappa shape index (κ2) is 10.0. The van der Waals surface area contributed by atoms with Gasteiger partial charge >= 0.3 is 5.97 Å². The number of anilines is 2. The summed E-state index contributed by atoms with van der Waals surface area (Å²) in [6, 6.07) is 18.3. The molecule has 0 bridgehead atoms. The average Bonchev–Trinajstić information content (AvgIpc) is 3.62. The number of rotatable bonds is 6. The van der Waals surface area contributed by atoms with Gasteiger partial charge < -0.3 is 19.9 Å². The summed E-state index contributed by atoms with van der Waals surface area (Å²) in [4.78, 5) is 36.0. The van der Waals surface area contributed by atoms with Gasteiger partial charge in [-0.05, 0) is 49.4 Å². The van der Waals surface area contributed by atoms with Crippen LogP contribution in [0.5, 0.6) is 0 Å². The fourth-order valence-corrected chi connectivity index (χ4v) is 5.19. The molecule has 9 heteroatoms. The Labute approximate surface area is 219 Å². The lowest BCUT2D eigenvalue weighted by molar-refractivity contribution is 0.0528. The van der Waals surface area contributed by atoms with Crippen LogP contribution in [0.15, 0.2) is 73.2 Å². The maximum atomic E-state index is 13.9. The van der Waals surface area contributed by atoms with Gasteiger partial charge in [0.2, 0.25) is 0 Å². The molecule has 0 unspecified atom stereocenters. The maximum absolute atomic E-state index is 13.9. The molecule has 1 saturated heterocycles. The van der Waals surface area contributed by atoms with Gasteiger partial charge in [-0.15, -0.1) is 0 Å². The van der Waals surface area contributed by atoms with Crippen LogP contribution in [-0.2, 0) is 4.74 Å². The molecule has 1 amide bonds. The van der Waals surface area contributed by atoms with Crippen LogP contribution in [-0.4, -0.2) is 56.1 Å². The predicted octanol–water partition coefficient (Wildman–Crippen LogP) is 5.15. The van der Waals surface area contributed by atoms with E-state index in [9.17, 15) is 9.59 Å². The van der Waals surface area contributed by atoms with E-state index >= 15 is 0 Å². The quantitative estimate of drug-likeness (QED) is 0.307. The molecular formula is C29H28N6O3. The van der Waals surface area contributed by atoms with Crippen molar-refractivity contribution in [3.8, 4) is 0 Å². The van der Waals surface area contributed by atoms with Crippen molar-refractivity contribution in [1.29, 1.82) is 0 Å². The van der Waals surface area contributed by atoms with Crippen LogP contribution in [0.3, 0.4) is 0 Å². The molecule has 6 rings (SSSR count). The maximum Gasteiger partial charge on any atom is 0.343 e. The number of H-pyrrole nitrogens is 1. The summed E-state index contributed by atoms with van der Waals surface area (Å²) in [6.45, 7) is 3.29. The fraction of sp³-hybridized carbons (Fsp3) is 0.241. The minimum atomic E-state index is -0.504. The van der Waals surface area contributed by atoms with Crippen molar-refractivity contribution < 1.29 is 14.3 Å². The molecule has 38 heavy (non-hydrogen) atoms. The van der Waals surface area contributed by atoms with Gasteiger partial charge in [-0.1, -0.05) is 36.4 Å². The highest BCUT2D eigenvalue weighted by Crippen LogP contribution is 2.32.